The van der Waals surface area contributed by atoms with Crippen molar-refractivity contribution in [3.05, 3.63) is 143 Å². The van der Waals surface area contributed by atoms with E-state index in [4.69, 9.17) is 25.9 Å². The van der Waals surface area contributed by atoms with E-state index in [0.717, 1.165) is 55.3 Å². The van der Waals surface area contributed by atoms with Crippen LogP contribution >= 0.6 is 17.0 Å². The SMILES string of the molecule is [Cl][Zr]([Cl])([CH]1C(c2occ3ccccc23)=Cc2ccccc21)[CH]1C(c2occ3ccccc23)=Cc2ccccc21. The fraction of sp³-hybridized carbons (Fsp3) is 0.0588. The van der Waals surface area contributed by atoms with Gasteiger partial charge in [-0.05, 0) is 0 Å². The molecular formula is C34H22Cl2O2Zr. The molecule has 0 bridgehead atoms. The Kier molecular flexibility index (Phi) is 5.46. The molecule has 0 N–H and O–H groups in total. The molecule has 0 aliphatic heterocycles. The Labute approximate surface area is 237 Å². The van der Waals surface area contributed by atoms with Crippen LogP contribution in [-0.4, -0.2) is 0 Å². The minimum atomic E-state index is -4.29. The van der Waals surface area contributed by atoms with Gasteiger partial charge in [0.25, 0.3) is 0 Å². The maximum absolute atomic E-state index is 7.94. The van der Waals surface area contributed by atoms with Crippen molar-refractivity contribution in [2.24, 2.45) is 0 Å². The molecule has 0 fully saturated rings. The van der Waals surface area contributed by atoms with Crippen LogP contribution < -0.4 is 0 Å². The quantitative estimate of drug-likeness (QED) is 0.195. The summed E-state index contributed by atoms with van der Waals surface area (Å²) >= 11 is -4.29. The topological polar surface area (TPSA) is 26.3 Å². The molecule has 0 amide bonds. The van der Waals surface area contributed by atoms with Crippen molar-refractivity contribution in [3.63, 3.8) is 0 Å². The van der Waals surface area contributed by atoms with Gasteiger partial charge in [0.2, 0.25) is 0 Å². The van der Waals surface area contributed by atoms with E-state index in [0.29, 0.717) is 0 Å². The Bertz CT molecular complexity index is 1830. The zero-order valence-electron chi connectivity index (χ0n) is 20.8. The van der Waals surface area contributed by atoms with Gasteiger partial charge in [-0.2, -0.15) is 0 Å². The Balaban J connectivity index is 1.34. The van der Waals surface area contributed by atoms with Gasteiger partial charge in [-0.25, -0.2) is 0 Å². The minimum absolute atomic E-state index is 0.130. The summed E-state index contributed by atoms with van der Waals surface area (Å²) in [6, 6.07) is 33.5. The van der Waals surface area contributed by atoms with Crippen LogP contribution in [0.15, 0.2) is 118 Å². The van der Waals surface area contributed by atoms with E-state index in [-0.39, 0.29) is 7.25 Å². The number of furan rings is 2. The van der Waals surface area contributed by atoms with Gasteiger partial charge in [0.05, 0.1) is 0 Å². The second kappa shape index (κ2) is 8.96. The average Bonchev–Trinajstić information content (AvgIpc) is 3.74. The maximum atomic E-state index is 7.94. The Morgan fingerprint density at radius 1 is 0.513 bits per heavy atom. The summed E-state index contributed by atoms with van der Waals surface area (Å²) in [5.41, 5.74) is 6.82. The number of rotatable bonds is 4. The van der Waals surface area contributed by atoms with Crippen LogP contribution in [0.25, 0.3) is 44.8 Å². The summed E-state index contributed by atoms with van der Waals surface area (Å²) in [5, 5.41) is 4.30. The van der Waals surface area contributed by atoms with Crippen LogP contribution in [0.3, 0.4) is 0 Å². The van der Waals surface area contributed by atoms with E-state index in [2.05, 4.69) is 84.9 Å². The molecule has 2 heterocycles. The van der Waals surface area contributed by atoms with Crippen molar-refractivity contribution in [2.45, 2.75) is 7.25 Å². The Morgan fingerprint density at radius 3 is 1.41 bits per heavy atom. The van der Waals surface area contributed by atoms with Gasteiger partial charge in [-0.3, -0.25) is 0 Å². The summed E-state index contributed by atoms with van der Waals surface area (Å²) in [7, 11) is 15.9. The molecule has 0 saturated heterocycles. The van der Waals surface area contributed by atoms with Gasteiger partial charge in [0.15, 0.2) is 0 Å². The summed E-state index contributed by atoms with van der Waals surface area (Å²) in [6.45, 7) is 0. The third-order valence-corrected chi connectivity index (χ3v) is 20.2. The van der Waals surface area contributed by atoms with E-state index in [1.54, 1.807) is 0 Å². The monoisotopic (exact) mass is 622 g/mol. The van der Waals surface area contributed by atoms with Gasteiger partial charge in [-0.15, -0.1) is 0 Å². The molecule has 8 rings (SSSR count). The van der Waals surface area contributed by atoms with E-state index in [1.807, 2.05) is 36.8 Å². The van der Waals surface area contributed by atoms with Crippen LogP contribution in [0, 0.1) is 0 Å². The van der Waals surface area contributed by atoms with E-state index < -0.39 is 17.9 Å². The second-order valence-corrected chi connectivity index (χ2v) is 25.0. The molecule has 2 aliphatic rings. The summed E-state index contributed by atoms with van der Waals surface area (Å²) in [5.74, 6) is 1.71. The second-order valence-electron chi connectivity index (χ2n) is 10.3. The summed E-state index contributed by atoms with van der Waals surface area (Å²) in [6.07, 6.45) is 8.12. The first-order valence-corrected chi connectivity index (χ1v) is 22.2. The first-order chi connectivity index (χ1) is 19.1. The van der Waals surface area contributed by atoms with Crippen LogP contribution in [0.1, 0.15) is 41.0 Å². The molecule has 2 unspecified atom stereocenters. The average molecular weight is 625 g/mol. The number of benzene rings is 4. The Morgan fingerprint density at radius 2 is 0.923 bits per heavy atom. The predicted molar refractivity (Wildman–Crippen MR) is 158 cm³/mol. The molecule has 5 heteroatoms. The van der Waals surface area contributed by atoms with Crippen LogP contribution in [-0.2, 0) is 17.9 Å². The van der Waals surface area contributed by atoms with Gasteiger partial charge in [0, 0.05) is 0 Å². The molecule has 0 radical (unpaired) electrons. The van der Waals surface area contributed by atoms with Crippen molar-refractivity contribution in [1.82, 2.24) is 0 Å². The molecule has 6 aromatic rings. The van der Waals surface area contributed by atoms with Gasteiger partial charge < -0.3 is 0 Å². The van der Waals surface area contributed by atoms with E-state index >= 15 is 0 Å². The zero-order valence-corrected chi connectivity index (χ0v) is 24.7. The molecule has 4 aromatic carbocycles. The fourth-order valence-electron chi connectivity index (χ4n) is 6.47. The number of hydrogen-bond acceptors (Lipinski definition) is 2. The predicted octanol–water partition coefficient (Wildman–Crippen LogP) is 10.5. The summed E-state index contributed by atoms with van der Waals surface area (Å²) in [4.78, 5) is 0. The number of fused-ring (bicyclic) bond motifs is 4. The Hall–Kier alpha value is -3.10. The van der Waals surface area contributed by atoms with Crippen LogP contribution in [0.5, 0.6) is 0 Å². The third kappa shape index (κ3) is 3.57. The zero-order chi connectivity index (χ0) is 26.1. The van der Waals surface area contributed by atoms with Crippen molar-refractivity contribution >= 4 is 61.9 Å². The van der Waals surface area contributed by atoms with Crippen molar-refractivity contribution in [3.8, 4) is 0 Å². The standard InChI is InChI=1S/2C17H11O.2ClH.Zr/c2*1-2-6-13-10-15(9-12(13)5-1)17-16-8-4-3-7-14(16)11-18-17;;;/h2*1-11H;2*1H;/q;;;;+2/p-2. The van der Waals surface area contributed by atoms with Gasteiger partial charge in [-0.1, -0.05) is 0 Å². The number of allylic oxidation sites excluding steroid dienone is 2. The van der Waals surface area contributed by atoms with Crippen molar-refractivity contribution in [1.29, 1.82) is 0 Å². The molecule has 2 atom stereocenters. The third-order valence-electron chi connectivity index (χ3n) is 8.17. The first kappa shape index (κ1) is 23.8. The molecule has 2 nitrogen and oxygen atoms in total. The molecular weight excluding hydrogens is 603 g/mol. The molecule has 0 saturated carbocycles. The molecule has 2 aromatic heterocycles. The molecule has 0 spiro atoms. The van der Waals surface area contributed by atoms with Crippen molar-refractivity contribution in [2.75, 3.05) is 0 Å². The van der Waals surface area contributed by atoms with Gasteiger partial charge in [0.1, 0.15) is 0 Å². The fourth-order valence-corrected chi connectivity index (χ4v) is 19.3. The van der Waals surface area contributed by atoms with Crippen LogP contribution in [0.4, 0.5) is 0 Å². The van der Waals surface area contributed by atoms with Gasteiger partial charge >= 0.3 is 239 Å². The molecule has 188 valence electrons. The molecule has 39 heavy (non-hydrogen) atoms. The van der Waals surface area contributed by atoms with Crippen LogP contribution in [0.2, 0.25) is 0 Å². The number of hydrogen-bond donors (Lipinski definition) is 0. The van der Waals surface area contributed by atoms with E-state index in [1.165, 1.54) is 11.1 Å². The molecule has 2 aliphatic carbocycles. The first-order valence-electron chi connectivity index (χ1n) is 13.0. The normalized spacial score (nSPS) is 18.3. The van der Waals surface area contributed by atoms with E-state index in [9.17, 15) is 0 Å². The number of halogens is 2. The van der Waals surface area contributed by atoms with Crippen molar-refractivity contribution < 1.29 is 26.7 Å². The summed E-state index contributed by atoms with van der Waals surface area (Å²) < 4.78 is 12.3.